The van der Waals surface area contributed by atoms with E-state index in [9.17, 15) is 18.0 Å². The Morgan fingerprint density at radius 3 is 2.50 bits per heavy atom. The van der Waals surface area contributed by atoms with Crippen molar-refractivity contribution in [3.05, 3.63) is 17.0 Å². The Bertz CT molecular complexity index is 413. The molecule has 0 atom stereocenters. The zero-order valence-corrected chi connectivity index (χ0v) is 6.96. The van der Waals surface area contributed by atoms with E-state index in [1.165, 1.54) is 13.1 Å². The summed E-state index contributed by atoms with van der Waals surface area (Å²) >= 11 is 0. The second kappa shape index (κ2) is 3.14. The largest absolute Gasteiger partial charge is 0.435 e. The van der Waals surface area contributed by atoms with E-state index >= 15 is 0 Å². The van der Waals surface area contributed by atoms with Crippen LogP contribution >= 0.6 is 0 Å². The highest BCUT2D eigenvalue weighted by Gasteiger charge is 2.38. The normalized spacial score (nSPS) is 11.1. The molecule has 14 heavy (non-hydrogen) atoms. The van der Waals surface area contributed by atoms with Crippen LogP contribution in [0.3, 0.4) is 0 Å². The molecule has 0 unspecified atom stereocenters. The molecule has 0 saturated heterocycles. The van der Waals surface area contributed by atoms with Crippen molar-refractivity contribution in [3.8, 4) is 6.07 Å². The zero-order valence-electron chi connectivity index (χ0n) is 6.96. The van der Waals surface area contributed by atoms with Gasteiger partial charge >= 0.3 is 6.18 Å². The van der Waals surface area contributed by atoms with E-state index in [4.69, 9.17) is 5.26 Å². The lowest BCUT2D eigenvalue weighted by Crippen LogP contribution is -2.09. The predicted molar refractivity (Wildman–Crippen MR) is 38.3 cm³/mol. The summed E-state index contributed by atoms with van der Waals surface area (Å²) in [6.45, 7) is 0. The van der Waals surface area contributed by atoms with Crippen molar-refractivity contribution in [2.75, 3.05) is 0 Å². The van der Waals surface area contributed by atoms with Crippen LogP contribution in [0.4, 0.5) is 13.2 Å². The average molecular weight is 203 g/mol. The molecule has 0 saturated carbocycles. The second-order valence-corrected chi connectivity index (χ2v) is 2.46. The van der Waals surface area contributed by atoms with Gasteiger partial charge in [0.2, 0.25) is 0 Å². The highest BCUT2D eigenvalue weighted by atomic mass is 19.4. The minimum atomic E-state index is -4.72. The molecule has 0 spiro atoms. The van der Waals surface area contributed by atoms with Crippen LogP contribution in [0.2, 0.25) is 0 Å². The molecule has 7 heteroatoms. The molecule has 0 aromatic carbocycles. The number of alkyl halides is 3. The van der Waals surface area contributed by atoms with E-state index in [-0.39, 0.29) is 6.29 Å². The maximum Gasteiger partial charge on any atom is 0.435 e. The second-order valence-electron chi connectivity index (χ2n) is 2.46. The Hall–Kier alpha value is -1.84. The van der Waals surface area contributed by atoms with Crippen molar-refractivity contribution < 1.29 is 18.0 Å². The minimum absolute atomic E-state index is 0.0195. The molecular formula is C7H4F3N3O. The summed E-state index contributed by atoms with van der Waals surface area (Å²) in [6, 6.07) is 1.48. The van der Waals surface area contributed by atoms with E-state index in [2.05, 4.69) is 5.10 Å². The van der Waals surface area contributed by atoms with Gasteiger partial charge in [-0.25, -0.2) is 0 Å². The molecule has 0 bridgehead atoms. The summed E-state index contributed by atoms with van der Waals surface area (Å²) in [4.78, 5) is 10.4. The van der Waals surface area contributed by atoms with Crippen molar-refractivity contribution in [3.63, 3.8) is 0 Å². The molecule has 0 aliphatic heterocycles. The van der Waals surface area contributed by atoms with Gasteiger partial charge < -0.3 is 0 Å². The smallest absolute Gasteiger partial charge is 0.298 e. The number of aromatic nitrogens is 2. The number of hydrogen-bond donors (Lipinski definition) is 0. The van der Waals surface area contributed by atoms with Crippen molar-refractivity contribution in [1.82, 2.24) is 9.78 Å². The topological polar surface area (TPSA) is 58.7 Å². The Morgan fingerprint density at radius 2 is 2.14 bits per heavy atom. The summed E-state index contributed by atoms with van der Waals surface area (Å²) in [5.41, 5.74) is -2.44. The molecular weight excluding hydrogens is 199 g/mol. The highest BCUT2D eigenvalue weighted by molar-refractivity contribution is 5.80. The Morgan fingerprint density at radius 1 is 1.57 bits per heavy atom. The van der Waals surface area contributed by atoms with Crippen molar-refractivity contribution in [1.29, 1.82) is 5.26 Å². The van der Waals surface area contributed by atoms with Crippen LogP contribution in [0.5, 0.6) is 0 Å². The number of carbonyl (C=O) groups is 1. The predicted octanol–water partition coefficient (Wildman–Crippen LogP) is 1.12. The first-order chi connectivity index (χ1) is 6.41. The average Bonchev–Trinajstić information content (AvgIpc) is 2.40. The van der Waals surface area contributed by atoms with Crippen LogP contribution < -0.4 is 0 Å². The number of hydrogen-bond acceptors (Lipinski definition) is 3. The third-order valence-corrected chi connectivity index (χ3v) is 1.58. The summed E-state index contributed by atoms with van der Waals surface area (Å²) in [6.07, 6.45) is -4.74. The fourth-order valence-corrected chi connectivity index (χ4v) is 0.994. The van der Waals surface area contributed by atoms with Gasteiger partial charge in [-0.05, 0) is 0 Å². The fourth-order valence-electron chi connectivity index (χ4n) is 0.994. The van der Waals surface area contributed by atoms with Gasteiger partial charge in [-0.15, -0.1) is 0 Å². The van der Waals surface area contributed by atoms with E-state index in [0.717, 1.165) is 4.68 Å². The van der Waals surface area contributed by atoms with E-state index in [1.54, 1.807) is 0 Å². The number of carbonyl (C=O) groups excluding carboxylic acids is 1. The Balaban J connectivity index is 3.49. The van der Waals surface area contributed by atoms with Crippen molar-refractivity contribution >= 4 is 6.29 Å². The first-order valence-electron chi connectivity index (χ1n) is 3.41. The maximum absolute atomic E-state index is 12.2. The molecule has 1 heterocycles. The zero-order chi connectivity index (χ0) is 10.9. The molecule has 0 radical (unpaired) electrons. The summed E-state index contributed by atoms with van der Waals surface area (Å²) in [7, 11) is 1.17. The highest BCUT2D eigenvalue weighted by Crippen LogP contribution is 2.31. The van der Waals surface area contributed by atoms with Gasteiger partial charge in [0.1, 0.15) is 11.8 Å². The number of aryl methyl sites for hydroxylation is 1. The summed E-state index contributed by atoms with van der Waals surface area (Å²) in [5.74, 6) is 0. The van der Waals surface area contributed by atoms with Crippen LogP contribution in [0, 0.1) is 11.3 Å². The molecule has 0 N–H and O–H groups in total. The molecule has 1 aromatic rings. The maximum atomic E-state index is 12.2. The van der Waals surface area contributed by atoms with Gasteiger partial charge in [0, 0.05) is 7.05 Å². The molecule has 1 aromatic heterocycles. The van der Waals surface area contributed by atoms with E-state index < -0.39 is 23.1 Å². The molecule has 0 aliphatic carbocycles. The monoisotopic (exact) mass is 203 g/mol. The molecule has 1 rings (SSSR count). The third kappa shape index (κ3) is 1.46. The van der Waals surface area contributed by atoms with Gasteiger partial charge in [0.05, 0.1) is 5.56 Å². The molecule has 4 nitrogen and oxygen atoms in total. The standard InChI is InChI=1S/C7H4F3N3O/c1-13-5(2-11)4(3-14)6(12-13)7(8,9)10/h3H,1H3. The minimum Gasteiger partial charge on any atom is -0.298 e. The van der Waals surface area contributed by atoms with Crippen LogP contribution in [0.1, 0.15) is 21.7 Å². The third-order valence-electron chi connectivity index (χ3n) is 1.58. The number of rotatable bonds is 1. The SMILES string of the molecule is Cn1nc(C(F)(F)F)c(C=O)c1C#N. The first-order valence-corrected chi connectivity index (χ1v) is 3.41. The molecule has 0 amide bonds. The van der Waals surface area contributed by atoms with Gasteiger partial charge in [0.25, 0.3) is 0 Å². The van der Waals surface area contributed by atoms with Gasteiger partial charge in [0.15, 0.2) is 12.0 Å². The van der Waals surface area contributed by atoms with E-state index in [1.807, 2.05) is 0 Å². The lowest BCUT2D eigenvalue weighted by Gasteiger charge is -2.01. The Kier molecular flexibility index (Phi) is 2.30. The first kappa shape index (κ1) is 10.2. The number of aldehydes is 1. The molecule has 74 valence electrons. The molecule has 0 fully saturated rings. The van der Waals surface area contributed by atoms with Crippen molar-refractivity contribution in [2.24, 2.45) is 7.05 Å². The van der Waals surface area contributed by atoms with Gasteiger partial charge in [-0.3, -0.25) is 9.48 Å². The number of halogens is 3. The van der Waals surface area contributed by atoms with Gasteiger partial charge in [-0.1, -0.05) is 0 Å². The number of nitriles is 1. The van der Waals surface area contributed by atoms with Crippen LogP contribution in [-0.2, 0) is 13.2 Å². The summed E-state index contributed by atoms with van der Waals surface area (Å²) in [5, 5.41) is 11.5. The van der Waals surface area contributed by atoms with Crippen molar-refractivity contribution in [2.45, 2.75) is 6.18 Å². The summed E-state index contributed by atoms with van der Waals surface area (Å²) < 4.78 is 37.4. The number of nitrogens with zero attached hydrogens (tertiary/aromatic N) is 3. The lowest BCUT2D eigenvalue weighted by molar-refractivity contribution is -0.141. The van der Waals surface area contributed by atoms with Crippen LogP contribution in [0.25, 0.3) is 0 Å². The Labute approximate surface area is 76.5 Å². The quantitative estimate of drug-likeness (QED) is 0.642. The fraction of sp³-hybridized carbons (Fsp3) is 0.286. The van der Waals surface area contributed by atoms with Crippen LogP contribution in [-0.4, -0.2) is 16.1 Å². The molecule has 0 aliphatic rings. The van der Waals surface area contributed by atoms with Crippen LogP contribution in [0.15, 0.2) is 0 Å². The lowest BCUT2D eigenvalue weighted by atomic mass is 10.2. The van der Waals surface area contributed by atoms with Gasteiger partial charge in [-0.2, -0.15) is 23.5 Å². The van der Waals surface area contributed by atoms with E-state index in [0.29, 0.717) is 0 Å².